The van der Waals surface area contributed by atoms with Crippen LogP contribution in [0, 0.1) is 5.92 Å². The van der Waals surface area contributed by atoms with E-state index in [2.05, 4.69) is 10.2 Å². The van der Waals surface area contributed by atoms with E-state index in [1.54, 1.807) is 6.92 Å². The second-order valence-electron chi connectivity index (χ2n) is 8.62. The summed E-state index contributed by atoms with van der Waals surface area (Å²) in [5, 5.41) is 3.08. The summed E-state index contributed by atoms with van der Waals surface area (Å²) in [6, 6.07) is 13.6. The minimum atomic E-state index is -3.70. The van der Waals surface area contributed by atoms with Crippen molar-refractivity contribution < 1.29 is 22.7 Å². The molecule has 2 saturated heterocycles. The van der Waals surface area contributed by atoms with Crippen molar-refractivity contribution >= 4 is 33.3 Å². The zero-order chi connectivity index (χ0) is 24.1. The van der Waals surface area contributed by atoms with E-state index in [0.29, 0.717) is 18.4 Å². The van der Waals surface area contributed by atoms with Crippen molar-refractivity contribution in [2.45, 2.75) is 37.5 Å². The fourth-order valence-electron chi connectivity index (χ4n) is 4.53. The maximum atomic E-state index is 13.1. The lowest BCUT2D eigenvalue weighted by atomic mass is 9.97. The Morgan fingerprint density at radius 1 is 0.971 bits per heavy atom. The molecular formula is C25H31N3O5S. The molecule has 34 heavy (non-hydrogen) atoms. The molecule has 2 aliphatic rings. The summed E-state index contributed by atoms with van der Waals surface area (Å²) in [5.41, 5.74) is 2.16. The van der Waals surface area contributed by atoms with E-state index in [4.69, 9.17) is 4.74 Å². The number of rotatable bonds is 7. The second-order valence-corrected chi connectivity index (χ2v) is 10.6. The van der Waals surface area contributed by atoms with Crippen molar-refractivity contribution in [1.82, 2.24) is 4.31 Å². The summed E-state index contributed by atoms with van der Waals surface area (Å²) < 4.78 is 32.5. The van der Waals surface area contributed by atoms with Gasteiger partial charge in [-0.25, -0.2) is 13.2 Å². The molecule has 0 radical (unpaired) electrons. The average molecular weight is 486 g/mol. The number of amides is 1. The quantitative estimate of drug-likeness (QED) is 0.603. The maximum absolute atomic E-state index is 13.1. The number of esters is 1. The van der Waals surface area contributed by atoms with Crippen molar-refractivity contribution in [3.8, 4) is 0 Å². The summed E-state index contributed by atoms with van der Waals surface area (Å²) in [5.74, 6) is -0.795. The maximum Gasteiger partial charge on any atom is 0.338 e. The van der Waals surface area contributed by atoms with Crippen LogP contribution >= 0.6 is 0 Å². The van der Waals surface area contributed by atoms with Gasteiger partial charge in [0.2, 0.25) is 15.9 Å². The highest BCUT2D eigenvalue weighted by Gasteiger charge is 2.32. The van der Waals surface area contributed by atoms with E-state index in [0.717, 1.165) is 37.3 Å². The number of piperidine rings is 1. The van der Waals surface area contributed by atoms with Gasteiger partial charge in [0, 0.05) is 32.1 Å². The van der Waals surface area contributed by atoms with Crippen LogP contribution < -0.4 is 10.2 Å². The highest BCUT2D eigenvalue weighted by atomic mass is 32.2. The van der Waals surface area contributed by atoms with E-state index in [9.17, 15) is 18.0 Å². The number of benzene rings is 2. The number of anilines is 2. The van der Waals surface area contributed by atoms with Gasteiger partial charge in [0.1, 0.15) is 0 Å². The molecule has 2 heterocycles. The average Bonchev–Trinajstić information content (AvgIpc) is 3.39. The third kappa shape index (κ3) is 5.26. The number of nitrogens with zero attached hydrogens (tertiary/aromatic N) is 2. The van der Waals surface area contributed by atoms with Crippen molar-refractivity contribution in [3.05, 3.63) is 54.1 Å². The smallest absolute Gasteiger partial charge is 0.338 e. The molecule has 182 valence electrons. The van der Waals surface area contributed by atoms with Gasteiger partial charge < -0.3 is 15.0 Å². The summed E-state index contributed by atoms with van der Waals surface area (Å²) in [4.78, 5) is 27.2. The van der Waals surface area contributed by atoms with Gasteiger partial charge in [0.25, 0.3) is 0 Å². The highest BCUT2D eigenvalue weighted by molar-refractivity contribution is 7.89. The fourth-order valence-corrected chi connectivity index (χ4v) is 6.00. The van der Waals surface area contributed by atoms with Gasteiger partial charge in [-0.1, -0.05) is 12.1 Å². The number of carbonyl (C=O) groups excluding carboxylic acids is 2. The Morgan fingerprint density at radius 2 is 1.62 bits per heavy atom. The first-order valence-corrected chi connectivity index (χ1v) is 13.3. The molecule has 8 nitrogen and oxygen atoms in total. The number of sulfonamides is 1. The van der Waals surface area contributed by atoms with E-state index in [1.165, 1.54) is 28.6 Å². The molecule has 0 atom stereocenters. The van der Waals surface area contributed by atoms with Crippen LogP contribution in [0.25, 0.3) is 0 Å². The van der Waals surface area contributed by atoms with Crippen LogP contribution in [0.3, 0.4) is 0 Å². The minimum Gasteiger partial charge on any atom is -0.462 e. The second kappa shape index (κ2) is 10.6. The Kier molecular flexibility index (Phi) is 7.53. The summed E-state index contributed by atoms with van der Waals surface area (Å²) in [6.45, 7) is 4.49. The van der Waals surface area contributed by atoms with Crippen LogP contribution in [0.4, 0.5) is 11.4 Å². The molecule has 4 rings (SSSR count). The molecule has 2 aromatic rings. The molecule has 0 aliphatic carbocycles. The zero-order valence-electron chi connectivity index (χ0n) is 19.4. The minimum absolute atomic E-state index is 0.0671. The van der Waals surface area contributed by atoms with Crippen LogP contribution in [0.15, 0.2) is 53.4 Å². The lowest BCUT2D eigenvalue weighted by Gasteiger charge is -2.31. The first-order chi connectivity index (χ1) is 16.4. The summed E-state index contributed by atoms with van der Waals surface area (Å²) >= 11 is 0. The Bertz CT molecular complexity index is 1120. The normalized spacial score (nSPS) is 17.5. The van der Waals surface area contributed by atoms with Gasteiger partial charge in [-0.05, 0) is 69.0 Å². The van der Waals surface area contributed by atoms with E-state index in [1.807, 2.05) is 24.3 Å². The van der Waals surface area contributed by atoms with Crippen LogP contribution in [0.2, 0.25) is 0 Å². The highest BCUT2D eigenvalue weighted by Crippen LogP contribution is 2.30. The van der Waals surface area contributed by atoms with E-state index >= 15 is 0 Å². The summed E-state index contributed by atoms with van der Waals surface area (Å²) in [7, 11) is -3.70. The van der Waals surface area contributed by atoms with Gasteiger partial charge in [-0.3, -0.25) is 4.79 Å². The summed E-state index contributed by atoms with van der Waals surface area (Å²) in [6.07, 6.45) is 3.22. The molecule has 2 aromatic carbocycles. The SMILES string of the molecule is CCOC(=O)c1ccc(S(=O)(=O)N2CCC(C(=O)Nc3ccccc3N3CCCC3)CC2)cc1. The molecule has 1 amide bonds. The Balaban J connectivity index is 1.36. The van der Waals surface area contributed by atoms with Gasteiger partial charge in [0.05, 0.1) is 28.4 Å². The van der Waals surface area contributed by atoms with Crippen molar-refractivity contribution in [2.75, 3.05) is 43.0 Å². The number of hydrogen-bond acceptors (Lipinski definition) is 6. The topological polar surface area (TPSA) is 96.0 Å². The fraction of sp³-hybridized carbons (Fsp3) is 0.440. The number of ether oxygens (including phenoxy) is 1. The monoisotopic (exact) mass is 485 g/mol. The van der Waals surface area contributed by atoms with Gasteiger partial charge in [0.15, 0.2) is 0 Å². The molecule has 0 saturated carbocycles. The molecule has 2 fully saturated rings. The molecular weight excluding hydrogens is 454 g/mol. The Labute approximate surface area is 200 Å². The molecule has 2 aliphatic heterocycles. The van der Waals surface area contributed by atoms with Crippen molar-refractivity contribution in [3.63, 3.8) is 0 Å². The van der Waals surface area contributed by atoms with Gasteiger partial charge in [-0.2, -0.15) is 4.31 Å². The number of hydrogen-bond donors (Lipinski definition) is 1. The van der Waals surface area contributed by atoms with Gasteiger partial charge in [-0.15, -0.1) is 0 Å². The predicted octanol–water partition coefficient (Wildman–Crippen LogP) is 3.50. The molecule has 0 spiro atoms. The van der Waals surface area contributed by atoms with E-state index < -0.39 is 16.0 Å². The van der Waals surface area contributed by atoms with Crippen LogP contribution in [-0.2, 0) is 19.6 Å². The first kappa shape index (κ1) is 24.2. The van der Waals surface area contributed by atoms with Crippen molar-refractivity contribution in [2.24, 2.45) is 5.92 Å². The van der Waals surface area contributed by atoms with Gasteiger partial charge >= 0.3 is 5.97 Å². The number of nitrogens with one attached hydrogen (secondary N) is 1. The molecule has 9 heteroatoms. The number of carbonyl (C=O) groups is 2. The number of para-hydroxylation sites is 2. The van der Waals surface area contributed by atoms with Crippen LogP contribution in [0.5, 0.6) is 0 Å². The Hall–Kier alpha value is -2.91. The first-order valence-electron chi connectivity index (χ1n) is 11.8. The Morgan fingerprint density at radius 3 is 2.26 bits per heavy atom. The third-order valence-corrected chi connectivity index (χ3v) is 8.35. The lowest BCUT2D eigenvalue weighted by molar-refractivity contribution is -0.120. The predicted molar refractivity (Wildman–Crippen MR) is 130 cm³/mol. The van der Waals surface area contributed by atoms with Crippen LogP contribution in [0.1, 0.15) is 43.0 Å². The third-order valence-electron chi connectivity index (χ3n) is 6.44. The van der Waals surface area contributed by atoms with E-state index in [-0.39, 0.29) is 36.4 Å². The van der Waals surface area contributed by atoms with Crippen LogP contribution in [-0.4, -0.2) is 57.4 Å². The standard InChI is InChI=1S/C25H31N3O5S/c1-2-33-25(30)20-9-11-21(12-10-20)34(31,32)28-17-13-19(14-18-28)24(29)26-22-7-3-4-8-23(22)27-15-5-6-16-27/h3-4,7-12,19H,2,5-6,13-18H2,1H3,(H,26,29). The largest absolute Gasteiger partial charge is 0.462 e. The van der Waals surface area contributed by atoms with Crippen molar-refractivity contribution in [1.29, 1.82) is 0 Å². The zero-order valence-corrected chi connectivity index (χ0v) is 20.2. The molecule has 1 N–H and O–H groups in total. The molecule has 0 aromatic heterocycles. The lowest BCUT2D eigenvalue weighted by Crippen LogP contribution is -2.41. The molecule has 0 unspecified atom stereocenters. The molecule has 0 bridgehead atoms.